The second-order valence-electron chi connectivity index (χ2n) is 5.17. The molecule has 0 heterocycles. The van der Waals surface area contributed by atoms with Gasteiger partial charge in [0.1, 0.15) is 12.4 Å². The van der Waals surface area contributed by atoms with Crippen LogP contribution in [-0.2, 0) is 14.8 Å². The van der Waals surface area contributed by atoms with Crippen LogP contribution in [0.1, 0.15) is 11.1 Å². The number of halogens is 2. The Morgan fingerprint density at radius 3 is 2.09 bits per heavy atom. The van der Waals surface area contributed by atoms with E-state index in [1.54, 1.807) is 12.1 Å². The highest BCUT2D eigenvalue weighted by molar-refractivity contribution is 7.92. The highest BCUT2D eigenvalue weighted by Gasteiger charge is 2.27. The summed E-state index contributed by atoms with van der Waals surface area (Å²) in [4.78, 5) is 11.2. The third-order valence-corrected chi connectivity index (χ3v) is 5.07. The Morgan fingerprint density at radius 2 is 1.61 bits per heavy atom. The molecule has 23 heavy (non-hydrogen) atoms. The van der Waals surface area contributed by atoms with Gasteiger partial charge in [-0.3, -0.25) is 9.10 Å². The summed E-state index contributed by atoms with van der Waals surface area (Å²) in [5.74, 6) is -0.546. The van der Waals surface area contributed by atoms with Gasteiger partial charge in [0, 0.05) is 0 Å². The van der Waals surface area contributed by atoms with Crippen molar-refractivity contribution in [2.45, 2.75) is 18.7 Å². The van der Waals surface area contributed by atoms with E-state index >= 15 is 0 Å². The molecule has 0 aromatic heterocycles. The number of sulfonamides is 1. The van der Waals surface area contributed by atoms with Gasteiger partial charge < -0.3 is 0 Å². The smallest absolute Gasteiger partial charge is 0.264 e. The molecular formula is C16H15ClFNO3S. The van der Waals surface area contributed by atoms with E-state index in [0.717, 1.165) is 39.7 Å². The van der Waals surface area contributed by atoms with Crippen molar-refractivity contribution in [1.29, 1.82) is 0 Å². The van der Waals surface area contributed by atoms with E-state index < -0.39 is 27.6 Å². The van der Waals surface area contributed by atoms with Gasteiger partial charge >= 0.3 is 0 Å². The quantitative estimate of drug-likeness (QED) is 0.772. The lowest BCUT2D eigenvalue weighted by atomic mass is 10.1. The number of hydrogen-bond donors (Lipinski definition) is 0. The van der Waals surface area contributed by atoms with Crippen LogP contribution in [0, 0.1) is 19.7 Å². The minimum absolute atomic E-state index is 0.115. The summed E-state index contributed by atoms with van der Waals surface area (Å²) in [6.45, 7) is 3.13. The first-order valence-corrected chi connectivity index (χ1v) is 8.57. The SMILES string of the molecule is Cc1cc(C)cc(N(CC(=O)Cl)S(=O)(=O)c2ccc(F)cc2)c1. The third kappa shape index (κ3) is 4.09. The van der Waals surface area contributed by atoms with Gasteiger partial charge in [0.2, 0.25) is 5.24 Å². The molecule has 0 N–H and O–H groups in total. The monoisotopic (exact) mass is 355 g/mol. The molecule has 0 saturated heterocycles. The predicted octanol–water partition coefficient (Wildman–Crippen LogP) is 3.40. The Balaban J connectivity index is 2.57. The first-order chi connectivity index (χ1) is 10.7. The zero-order chi connectivity index (χ0) is 17.2. The number of carbonyl (C=O) groups excluding carboxylic acids is 1. The first kappa shape index (κ1) is 17.4. The average molecular weight is 356 g/mol. The van der Waals surface area contributed by atoms with Gasteiger partial charge in [-0.2, -0.15) is 0 Å². The van der Waals surface area contributed by atoms with Crippen molar-refractivity contribution in [3.63, 3.8) is 0 Å². The molecule has 0 unspecified atom stereocenters. The second-order valence-corrected chi connectivity index (χ2v) is 7.45. The average Bonchev–Trinajstić information content (AvgIpc) is 2.43. The third-order valence-electron chi connectivity index (χ3n) is 3.16. The zero-order valence-electron chi connectivity index (χ0n) is 12.6. The predicted molar refractivity (Wildman–Crippen MR) is 87.7 cm³/mol. The molecular weight excluding hydrogens is 341 g/mol. The number of hydrogen-bond acceptors (Lipinski definition) is 3. The fourth-order valence-electron chi connectivity index (χ4n) is 2.26. The second kappa shape index (κ2) is 6.68. The van der Waals surface area contributed by atoms with E-state index in [-0.39, 0.29) is 4.90 Å². The molecule has 122 valence electrons. The van der Waals surface area contributed by atoms with Gasteiger partial charge in [-0.15, -0.1) is 0 Å². The molecule has 0 aliphatic carbocycles. The highest BCUT2D eigenvalue weighted by atomic mass is 35.5. The summed E-state index contributed by atoms with van der Waals surface area (Å²) in [6, 6.07) is 9.58. The minimum Gasteiger partial charge on any atom is -0.279 e. The van der Waals surface area contributed by atoms with Crippen molar-refractivity contribution in [3.8, 4) is 0 Å². The largest absolute Gasteiger partial charge is 0.279 e. The van der Waals surface area contributed by atoms with Crippen LogP contribution in [0.2, 0.25) is 0 Å². The van der Waals surface area contributed by atoms with Crippen molar-refractivity contribution in [1.82, 2.24) is 0 Å². The lowest BCUT2D eigenvalue weighted by Crippen LogP contribution is -2.34. The molecule has 0 amide bonds. The maximum absolute atomic E-state index is 13.0. The maximum atomic E-state index is 13.0. The Labute approximate surface area is 139 Å². The van der Waals surface area contributed by atoms with Gasteiger partial charge in [-0.05, 0) is 73.0 Å². The molecule has 0 aliphatic heterocycles. The summed E-state index contributed by atoms with van der Waals surface area (Å²) in [5, 5.41) is -0.810. The molecule has 0 aliphatic rings. The van der Waals surface area contributed by atoms with Crippen LogP contribution >= 0.6 is 11.6 Å². The van der Waals surface area contributed by atoms with Crippen LogP contribution in [0.3, 0.4) is 0 Å². The molecule has 2 aromatic carbocycles. The van der Waals surface area contributed by atoms with E-state index in [0.29, 0.717) is 5.69 Å². The number of anilines is 1. The van der Waals surface area contributed by atoms with Gasteiger partial charge in [0.05, 0.1) is 10.6 Å². The van der Waals surface area contributed by atoms with E-state index in [1.807, 2.05) is 19.9 Å². The Bertz CT molecular complexity index is 815. The maximum Gasteiger partial charge on any atom is 0.264 e. The number of aryl methyl sites for hydroxylation is 2. The number of rotatable bonds is 5. The highest BCUT2D eigenvalue weighted by Crippen LogP contribution is 2.26. The summed E-state index contributed by atoms with van der Waals surface area (Å²) in [7, 11) is -4.04. The van der Waals surface area contributed by atoms with E-state index in [9.17, 15) is 17.6 Å². The van der Waals surface area contributed by atoms with E-state index in [1.165, 1.54) is 0 Å². The zero-order valence-corrected chi connectivity index (χ0v) is 14.2. The van der Waals surface area contributed by atoms with Crippen molar-refractivity contribution in [3.05, 3.63) is 59.4 Å². The molecule has 0 spiro atoms. The summed E-state index contributed by atoms with van der Waals surface area (Å²) in [5.41, 5.74) is 2.03. The Morgan fingerprint density at radius 1 is 1.09 bits per heavy atom. The minimum atomic E-state index is -4.04. The molecule has 0 atom stereocenters. The molecule has 2 aromatic rings. The molecule has 0 bridgehead atoms. The van der Waals surface area contributed by atoms with Crippen molar-refractivity contribution in [2.24, 2.45) is 0 Å². The van der Waals surface area contributed by atoms with E-state index in [4.69, 9.17) is 11.6 Å². The van der Waals surface area contributed by atoms with Gasteiger partial charge in [-0.1, -0.05) is 6.07 Å². The molecule has 0 radical (unpaired) electrons. The number of nitrogens with zero attached hydrogens (tertiary/aromatic N) is 1. The fourth-order valence-corrected chi connectivity index (χ4v) is 3.85. The Hall–Kier alpha value is -1.92. The van der Waals surface area contributed by atoms with Crippen LogP contribution in [0.25, 0.3) is 0 Å². The normalized spacial score (nSPS) is 11.3. The lowest BCUT2D eigenvalue weighted by Gasteiger charge is -2.23. The van der Waals surface area contributed by atoms with Gasteiger partial charge in [0.15, 0.2) is 0 Å². The summed E-state index contributed by atoms with van der Waals surface area (Å²) < 4.78 is 39.5. The van der Waals surface area contributed by atoms with Crippen LogP contribution in [0.15, 0.2) is 47.4 Å². The van der Waals surface area contributed by atoms with E-state index in [2.05, 4.69) is 0 Å². The van der Waals surface area contributed by atoms with Gasteiger partial charge in [-0.25, -0.2) is 12.8 Å². The number of benzene rings is 2. The van der Waals surface area contributed by atoms with Crippen LogP contribution in [-0.4, -0.2) is 20.2 Å². The van der Waals surface area contributed by atoms with Crippen LogP contribution in [0.4, 0.5) is 10.1 Å². The first-order valence-electron chi connectivity index (χ1n) is 6.75. The van der Waals surface area contributed by atoms with Crippen molar-refractivity contribution in [2.75, 3.05) is 10.8 Å². The molecule has 7 heteroatoms. The molecule has 4 nitrogen and oxygen atoms in total. The molecule has 2 rings (SSSR count). The number of carbonyl (C=O) groups is 1. The van der Waals surface area contributed by atoms with Crippen LogP contribution in [0.5, 0.6) is 0 Å². The summed E-state index contributed by atoms with van der Waals surface area (Å²) >= 11 is 5.42. The topological polar surface area (TPSA) is 54.5 Å². The van der Waals surface area contributed by atoms with Crippen molar-refractivity contribution >= 4 is 32.6 Å². The fraction of sp³-hybridized carbons (Fsp3) is 0.188. The summed E-state index contributed by atoms with van der Waals surface area (Å²) in [6.07, 6.45) is 0. The molecule has 0 fully saturated rings. The molecule has 0 saturated carbocycles. The van der Waals surface area contributed by atoms with Crippen molar-refractivity contribution < 1.29 is 17.6 Å². The van der Waals surface area contributed by atoms with Gasteiger partial charge in [0.25, 0.3) is 10.0 Å². The van der Waals surface area contributed by atoms with Crippen LogP contribution < -0.4 is 4.31 Å². The lowest BCUT2D eigenvalue weighted by molar-refractivity contribution is -0.110. The standard InChI is InChI=1S/C16H15ClFNO3S/c1-11-7-12(2)9-14(8-11)19(10-16(17)20)23(21,22)15-5-3-13(18)4-6-15/h3-9H,10H2,1-2H3. The Kier molecular flexibility index (Phi) is 5.06.